The zero-order valence-electron chi connectivity index (χ0n) is 8.83. The lowest BCUT2D eigenvalue weighted by Gasteiger charge is -2.30. The number of rotatable bonds is 4. The maximum absolute atomic E-state index is 9.52. The zero-order valence-corrected chi connectivity index (χ0v) is 8.83. The Kier molecular flexibility index (Phi) is 4.74. The number of methoxy groups -OCH3 is 1. The summed E-state index contributed by atoms with van der Waals surface area (Å²) in [6, 6.07) is 0. The smallest absolute Gasteiger partial charge is 0.0543 e. The molecule has 0 radical (unpaired) electrons. The van der Waals surface area contributed by atoms with E-state index in [4.69, 9.17) is 4.74 Å². The van der Waals surface area contributed by atoms with E-state index in [0.29, 0.717) is 5.92 Å². The summed E-state index contributed by atoms with van der Waals surface area (Å²) in [7, 11) is 1.75. The van der Waals surface area contributed by atoms with Gasteiger partial charge in [0.25, 0.3) is 0 Å². The predicted octanol–water partition coefficient (Wildman–Crippen LogP) is 2.21. The summed E-state index contributed by atoms with van der Waals surface area (Å²) >= 11 is 0. The SMILES string of the molecule is COCCC(C)C1CCCC(O)C1. The lowest BCUT2D eigenvalue weighted by atomic mass is 9.78. The average molecular weight is 186 g/mol. The van der Waals surface area contributed by atoms with Crippen molar-refractivity contribution in [3.05, 3.63) is 0 Å². The molecule has 0 spiro atoms. The van der Waals surface area contributed by atoms with E-state index in [-0.39, 0.29) is 6.10 Å². The van der Waals surface area contributed by atoms with Crippen molar-refractivity contribution in [2.75, 3.05) is 13.7 Å². The maximum atomic E-state index is 9.52. The fourth-order valence-electron chi connectivity index (χ4n) is 2.26. The Morgan fingerprint density at radius 2 is 2.23 bits per heavy atom. The summed E-state index contributed by atoms with van der Waals surface area (Å²) in [6.45, 7) is 3.13. The molecule has 1 N–H and O–H groups in total. The number of ether oxygens (including phenoxy) is 1. The molecule has 1 rings (SSSR count). The molecule has 1 saturated carbocycles. The van der Waals surface area contributed by atoms with Crippen LogP contribution >= 0.6 is 0 Å². The first-order valence-electron chi connectivity index (χ1n) is 5.41. The molecule has 2 nitrogen and oxygen atoms in total. The van der Waals surface area contributed by atoms with Gasteiger partial charge in [0, 0.05) is 13.7 Å². The minimum Gasteiger partial charge on any atom is -0.393 e. The summed E-state index contributed by atoms with van der Waals surface area (Å²) in [6.07, 6.45) is 5.60. The van der Waals surface area contributed by atoms with Crippen molar-refractivity contribution in [2.24, 2.45) is 11.8 Å². The first kappa shape index (κ1) is 11.0. The van der Waals surface area contributed by atoms with Gasteiger partial charge in [0.1, 0.15) is 0 Å². The Labute approximate surface area is 81.3 Å². The van der Waals surface area contributed by atoms with E-state index in [2.05, 4.69) is 6.92 Å². The molecule has 2 heteroatoms. The van der Waals surface area contributed by atoms with Gasteiger partial charge in [0.05, 0.1) is 6.10 Å². The van der Waals surface area contributed by atoms with Crippen LogP contribution in [0.1, 0.15) is 39.0 Å². The summed E-state index contributed by atoms with van der Waals surface area (Å²) in [4.78, 5) is 0. The van der Waals surface area contributed by atoms with Crippen molar-refractivity contribution >= 4 is 0 Å². The number of aliphatic hydroxyl groups excluding tert-OH is 1. The molecule has 13 heavy (non-hydrogen) atoms. The van der Waals surface area contributed by atoms with Crippen LogP contribution in [0.2, 0.25) is 0 Å². The Morgan fingerprint density at radius 1 is 1.46 bits per heavy atom. The molecule has 0 saturated heterocycles. The monoisotopic (exact) mass is 186 g/mol. The van der Waals surface area contributed by atoms with Gasteiger partial charge in [-0.1, -0.05) is 19.8 Å². The highest BCUT2D eigenvalue weighted by Crippen LogP contribution is 2.31. The molecule has 0 heterocycles. The van der Waals surface area contributed by atoms with Crippen molar-refractivity contribution in [2.45, 2.75) is 45.1 Å². The van der Waals surface area contributed by atoms with Gasteiger partial charge in [-0.15, -0.1) is 0 Å². The van der Waals surface area contributed by atoms with E-state index in [1.807, 2.05) is 0 Å². The molecule has 1 aliphatic carbocycles. The molecular weight excluding hydrogens is 164 g/mol. The highest BCUT2D eigenvalue weighted by atomic mass is 16.5. The zero-order chi connectivity index (χ0) is 9.68. The fraction of sp³-hybridized carbons (Fsp3) is 1.00. The molecule has 0 aliphatic heterocycles. The first-order chi connectivity index (χ1) is 6.24. The molecule has 0 amide bonds. The Hall–Kier alpha value is -0.0800. The van der Waals surface area contributed by atoms with E-state index >= 15 is 0 Å². The van der Waals surface area contributed by atoms with E-state index in [1.54, 1.807) is 7.11 Å². The second-order valence-corrected chi connectivity index (χ2v) is 4.34. The van der Waals surface area contributed by atoms with Crippen molar-refractivity contribution in [1.29, 1.82) is 0 Å². The summed E-state index contributed by atoms with van der Waals surface area (Å²) in [5, 5.41) is 9.52. The highest BCUT2D eigenvalue weighted by molar-refractivity contribution is 4.75. The van der Waals surface area contributed by atoms with Crippen molar-refractivity contribution in [3.63, 3.8) is 0 Å². The van der Waals surface area contributed by atoms with Gasteiger partial charge in [-0.3, -0.25) is 0 Å². The van der Waals surface area contributed by atoms with E-state index in [1.165, 1.54) is 12.8 Å². The van der Waals surface area contributed by atoms with Crippen LogP contribution in [-0.4, -0.2) is 24.9 Å². The number of hydrogen-bond donors (Lipinski definition) is 1. The van der Waals surface area contributed by atoms with E-state index in [0.717, 1.165) is 31.8 Å². The van der Waals surface area contributed by atoms with Gasteiger partial charge in [0.15, 0.2) is 0 Å². The molecule has 1 fully saturated rings. The number of aliphatic hydroxyl groups is 1. The quantitative estimate of drug-likeness (QED) is 0.729. The van der Waals surface area contributed by atoms with Crippen LogP contribution in [0.4, 0.5) is 0 Å². The van der Waals surface area contributed by atoms with Crippen molar-refractivity contribution in [1.82, 2.24) is 0 Å². The van der Waals surface area contributed by atoms with Crippen LogP contribution in [-0.2, 0) is 4.74 Å². The van der Waals surface area contributed by atoms with E-state index in [9.17, 15) is 5.11 Å². The molecule has 0 aromatic heterocycles. The fourth-order valence-corrected chi connectivity index (χ4v) is 2.26. The van der Waals surface area contributed by atoms with Gasteiger partial charge in [-0.05, 0) is 31.1 Å². The molecule has 3 unspecified atom stereocenters. The van der Waals surface area contributed by atoms with Gasteiger partial charge in [0.2, 0.25) is 0 Å². The third kappa shape index (κ3) is 3.65. The maximum Gasteiger partial charge on any atom is 0.0543 e. The standard InChI is InChI=1S/C11H22O2/c1-9(6-7-13-2)10-4-3-5-11(12)8-10/h9-12H,3-8H2,1-2H3. The summed E-state index contributed by atoms with van der Waals surface area (Å²) < 4.78 is 5.07. The molecule has 0 aromatic rings. The average Bonchev–Trinajstić information content (AvgIpc) is 2.14. The van der Waals surface area contributed by atoms with Crippen molar-refractivity contribution in [3.8, 4) is 0 Å². The summed E-state index contributed by atoms with van der Waals surface area (Å²) in [5.41, 5.74) is 0. The summed E-state index contributed by atoms with van der Waals surface area (Å²) in [5.74, 6) is 1.42. The topological polar surface area (TPSA) is 29.5 Å². The Balaban J connectivity index is 2.24. The van der Waals surface area contributed by atoms with Gasteiger partial charge in [-0.25, -0.2) is 0 Å². The minimum absolute atomic E-state index is 0.0382. The molecule has 0 bridgehead atoms. The van der Waals surface area contributed by atoms with Gasteiger partial charge in [-0.2, -0.15) is 0 Å². The normalized spacial score (nSPS) is 31.6. The largest absolute Gasteiger partial charge is 0.393 e. The van der Waals surface area contributed by atoms with E-state index < -0.39 is 0 Å². The predicted molar refractivity (Wildman–Crippen MR) is 53.6 cm³/mol. The molecular formula is C11H22O2. The van der Waals surface area contributed by atoms with Crippen LogP contribution in [0.25, 0.3) is 0 Å². The lowest BCUT2D eigenvalue weighted by Crippen LogP contribution is -2.24. The third-order valence-corrected chi connectivity index (χ3v) is 3.27. The molecule has 78 valence electrons. The van der Waals surface area contributed by atoms with Gasteiger partial charge >= 0.3 is 0 Å². The van der Waals surface area contributed by atoms with Gasteiger partial charge < -0.3 is 9.84 Å². The number of hydrogen-bond acceptors (Lipinski definition) is 2. The van der Waals surface area contributed by atoms with Crippen LogP contribution in [0.5, 0.6) is 0 Å². The molecule has 0 aromatic carbocycles. The molecule has 1 aliphatic rings. The second-order valence-electron chi connectivity index (χ2n) is 4.34. The van der Waals surface area contributed by atoms with Crippen LogP contribution in [0.15, 0.2) is 0 Å². The Bertz CT molecular complexity index is 136. The highest BCUT2D eigenvalue weighted by Gasteiger charge is 2.24. The second kappa shape index (κ2) is 5.61. The molecule has 3 atom stereocenters. The minimum atomic E-state index is -0.0382. The van der Waals surface area contributed by atoms with Crippen LogP contribution in [0, 0.1) is 11.8 Å². The van der Waals surface area contributed by atoms with Crippen LogP contribution in [0.3, 0.4) is 0 Å². The Morgan fingerprint density at radius 3 is 2.85 bits per heavy atom. The first-order valence-corrected chi connectivity index (χ1v) is 5.41. The lowest BCUT2D eigenvalue weighted by molar-refractivity contribution is 0.0728. The van der Waals surface area contributed by atoms with Crippen molar-refractivity contribution < 1.29 is 9.84 Å². The van der Waals surface area contributed by atoms with Crippen LogP contribution < -0.4 is 0 Å². The third-order valence-electron chi connectivity index (χ3n) is 3.27.